The lowest BCUT2D eigenvalue weighted by atomic mass is 10.1. The topological polar surface area (TPSA) is 51.5 Å². The number of phenolic OH excluding ortho intramolecular Hbond substituents is 1. The molecular weight excluding hydrogens is 373 g/mol. The van der Waals surface area contributed by atoms with Gasteiger partial charge in [0.2, 0.25) is 0 Å². The fraction of sp³-hybridized carbons (Fsp3) is 0.150. The molecule has 0 bridgehead atoms. The highest BCUT2D eigenvalue weighted by Crippen LogP contribution is 2.35. The number of aromatic hydroxyl groups is 1. The molecular formula is C20H17Cl2NO3. The number of hydrogen-bond acceptors (Lipinski definition) is 3. The first kappa shape index (κ1) is 18.4. The van der Waals surface area contributed by atoms with E-state index in [4.69, 9.17) is 27.9 Å². The summed E-state index contributed by atoms with van der Waals surface area (Å²) >= 11 is 12.4. The van der Waals surface area contributed by atoms with Crippen molar-refractivity contribution in [3.05, 3.63) is 69.8 Å². The Bertz CT molecular complexity index is 962. The zero-order valence-electron chi connectivity index (χ0n) is 14.3. The average molecular weight is 390 g/mol. The molecule has 0 aliphatic heterocycles. The van der Waals surface area contributed by atoms with Crippen LogP contribution in [0.5, 0.6) is 5.75 Å². The number of phenols is 1. The zero-order valence-corrected chi connectivity index (χ0v) is 15.8. The van der Waals surface area contributed by atoms with Crippen molar-refractivity contribution in [2.75, 3.05) is 6.61 Å². The minimum atomic E-state index is -0.395. The van der Waals surface area contributed by atoms with Gasteiger partial charge in [0, 0.05) is 22.0 Å². The average Bonchev–Trinajstić information content (AvgIpc) is 2.93. The van der Waals surface area contributed by atoms with Gasteiger partial charge in [-0.1, -0.05) is 23.2 Å². The van der Waals surface area contributed by atoms with Crippen molar-refractivity contribution in [2.24, 2.45) is 0 Å². The second-order valence-electron chi connectivity index (χ2n) is 5.73. The highest BCUT2D eigenvalue weighted by molar-refractivity contribution is 6.36. The number of halogens is 2. The Morgan fingerprint density at radius 3 is 2.42 bits per heavy atom. The molecule has 0 fully saturated rings. The van der Waals surface area contributed by atoms with Crippen LogP contribution in [0, 0.1) is 6.92 Å². The molecule has 0 atom stereocenters. The number of esters is 1. The molecule has 0 radical (unpaired) electrons. The van der Waals surface area contributed by atoms with E-state index in [1.807, 2.05) is 17.6 Å². The van der Waals surface area contributed by atoms with Crippen LogP contribution in [-0.4, -0.2) is 22.2 Å². The first-order valence-corrected chi connectivity index (χ1v) is 8.82. The molecule has 1 heterocycles. The Hall–Kier alpha value is -2.43. The zero-order chi connectivity index (χ0) is 18.8. The van der Waals surface area contributed by atoms with Gasteiger partial charge in [-0.2, -0.15) is 0 Å². The summed E-state index contributed by atoms with van der Waals surface area (Å²) < 4.78 is 7.07. The SMILES string of the molecule is CCOC(=O)c1cc(-c2ccc(Cl)cc2Cl)n(-c2ccc(O)cc2)c1C. The molecule has 0 aliphatic carbocycles. The van der Waals surface area contributed by atoms with Gasteiger partial charge in [0.1, 0.15) is 5.75 Å². The summed E-state index contributed by atoms with van der Waals surface area (Å²) in [6, 6.07) is 13.7. The number of benzene rings is 2. The summed E-state index contributed by atoms with van der Waals surface area (Å²) in [5.74, 6) is -0.232. The van der Waals surface area contributed by atoms with Gasteiger partial charge in [-0.05, 0) is 62.4 Å². The summed E-state index contributed by atoms with van der Waals surface area (Å²) in [5, 5.41) is 10.6. The van der Waals surface area contributed by atoms with Crippen LogP contribution in [0.3, 0.4) is 0 Å². The van der Waals surface area contributed by atoms with Crippen molar-refractivity contribution in [3.8, 4) is 22.7 Å². The minimum absolute atomic E-state index is 0.162. The Balaban J connectivity index is 2.26. The van der Waals surface area contributed by atoms with Crippen molar-refractivity contribution < 1.29 is 14.6 Å². The van der Waals surface area contributed by atoms with Gasteiger partial charge in [0.25, 0.3) is 0 Å². The number of hydrogen-bond donors (Lipinski definition) is 1. The molecule has 0 spiro atoms. The maximum absolute atomic E-state index is 12.4. The predicted octanol–water partition coefficient (Wildman–Crippen LogP) is 5.64. The van der Waals surface area contributed by atoms with Gasteiger partial charge >= 0.3 is 5.97 Å². The fourth-order valence-electron chi connectivity index (χ4n) is 2.85. The highest BCUT2D eigenvalue weighted by Gasteiger charge is 2.21. The third-order valence-corrected chi connectivity index (χ3v) is 4.61. The number of carbonyl (C=O) groups excluding carboxylic acids is 1. The Kier molecular flexibility index (Phi) is 5.25. The van der Waals surface area contributed by atoms with Crippen LogP contribution in [0.2, 0.25) is 10.0 Å². The Morgan fingerprint density at radius 1 is 1.12 bits per heavy atom. The van der Waals surface area contributed by atoms with Crippen LogP contribution in [0.15, 0.2) is 48.5 Å². The highest BCUT2D eigenvalue weighted by atomic mass is 35.5. The lowest BCUT2D eigenvalue weighted by Gasteiger charge is -2.13. The standard InChI is InChI=1S/C20H17Cl2NO3/c1-3-26-20(25)17-11-19(16-9-4-13(21)10-18(16)22)23(12(17)2)14-5-7-15(24)8-6-14/h4-11,24H,3H2,1-2H3. The molecule has 0 amide bonds. The summed E-state index contributed by atoms with van der Waals surface area (Å²) in [5.41, 5.74) is 3.44. The van der Waals surface area contributed by atoms with Crippen LogP contribution in [-0.2, 0) is 4.74 Å². The lowest BCUT2D eigenvalue weighted by molar-refractivity contribution is 0.0525. The van der Waals surface area contributed by atoms with Crippen molar-refractivity contribution >= 4 is 29.2 Å². The van der Waals surface area contributed by atoms with Crippen LogP contribution in [0.1, 0.15) is 23.0 Å². The van der Waals surface area contributed by atoms with Gasteiger partial charge < -0.3 is 14.4 Å². The monoisotopic (exact) mass is 389 g/mol. The second kappa shape index (κ2) is 7.44. The largest absolute Gasteiger partial charge is 0.508 e. The van der Waals surface area contributed by atoms with Crippen LogP contribution in [0.25, 0.3) is 16.9 Å². The fourth-order valence-corrected chi connectivity index (χ4v) is 3.36. The van der Waals surface area contributed by atoms with Crippen LogP contribution in [0.4, 0.5) is 0 Å². The van der Waals surface area contributed by atoms with E-state index in [9.17, 15) is 9.90 Å². The van der Waals surface area contributed by atoms with Gasteiger partial charge in [0.15, 0.2) is 0 Å². The second-order valence-corrected chi connectivity index (χ2v) is 6.57. The number of rotatable bonds is 4. The van der Waals surface area contributed by atoms with E-state index in [0.29, 0.717) is 22.2 Å². The molecule has 2 aromatic carbocycles. The normalized spacial score (nSPS) is 10.8. The molecule has 4 nitrogen and oxygen atoms in total. The smallest absolute Gasteiger partial charge is 0.339 e. The Morgan fingerprint density at radius 2 is 1.81 bits per heavy atom. The van der Waals surface area contributed by atoms with E-state index < -0.39 is 5.97 Å². The third-order valence-electron chi connectivity index (χ3n) is 4.06. The molecule has 134 valence electrons. The molecule has 3 aromatic rings. The summed E-state index contributed by atoms with van der Waals surface area (Å²) in [6.07, 6.45) is 0. The van der Waals surface area contributed by atoms with Gasteiger partial charge in [-0.25, -0.2) is 4.79 Å². The molecule has 26 heavy (non-hydrogen) atoms. The van der Waals surface area contributed by atoms with E-state index in [2.05, 4.69) is 0 Å². The molecule has 0 aliphatic rings. The maximum atomic E-state index is 12.4. The lowest BCUT2D eigenvalue weighted by Crippen LogP contribution is -2.06. The molecule has 3 rings (SSSR count). The number of aromatic nitrogens is 1. The first-order valence-electron chi connectivity index (χ1n) is 8.06. The minimum Gasteiger partial charge on any atom is -0.508 e. The van der Waals surface area contributed by atoms with Gasteiger partial charge in [-0.3, -0.25) is 0 Å². The summed E-state index contributed by atoms with van der Waals surface area (Å²) in [6.45, 7) is 3.90. The summed E-state index contributed by atoms with van der Waals surface area (Å²) in [7, 11) is 0. The summed E-state index contributed by atoms with van der Waals surface area (Å²) in [4.78, 5) is 12.4. The Labute approximate surface area is 161 Å². The molecule has 1 N–H and O–H groups in total. The van der Waals surface area contributed by atoms with Crippen molar-refractivity contribution in [3.63, 3.8) is 0 Å². The molecule has 6 heteroatoms. The van der Waals surface area contributed by atoms with E-state index in [1.165, 1.54) is 0 Å². The van der Waals surface area contributed by atoms with Crippen LogP contribution >= 0.6 is 23.2 Å². The van der Waals surface area contributed by atoms with E-state index >= 15 is 0 Å². The molecule has 0 unspecified atom stereocenters. The van der Waals surface area contributed by atoms with E-state index in [1.54, 1.807) is 49.4 Å². The van der Waals surface area contributed by atoms with Crippen molar-refractivity contribution in [1.82, 2.24) is 4.57 Å². The third kappa shape index (κ3) is 3.43. The van der Waals surface area contributed by atoms with Crippen molar-refractivity contribution in [2.45, 2.75) is 13.8 Å². The first-order chi connectivity index (χ1) is 12.4. The van der Waals surface area contributed by atoms with E-state index in [0.717, 1.165) is 22.6 Å². The van der Waals surface area contributed by atoms with E-state index in [-0.39, 0.29) is 5.75 Å². The molecule has 1 aromatic heterocycles. The number of carbonyl (C=O) groups is 1. The quantitative estimate of drug-likeness (QED) is 0.587. The van der Waals surface area contributed by atoms with Gasteiger partial charge in [0.05, 0.1) is 22.9 Å². The van der Waals surface area contributed by atoms with Crippen molar-refractivity contribution in [1.29, 1.82) is 0 Å². The van der Waals surface area contributed by atoms with Gasteiger partial charge in [-0.15, -0.1) is 0 Å². The molecule has 0 saturated carbocycles. The number of ether oxygens (including phenoxy) is 1. The number of nitrogens with zero attached hydrogens (tertiary/aromatic N) is 1. The predicted molar refractivity (Wildman–Crippen MR) is 104 cm³/mol. The van der Waals surface area contributed by atoms with Crippen LogP contribution < -0.4 is 0 Å². The maximum Gasteiger partial charge on any atom is 0.339 e. The molecule has 0 saturated heterocycles.